The summed E-state index contributed by atoms with van der Waals surface area (Å²) in [6.45, 7) is 11.8. The second kappa shape index (κ2) is 8.15. The van der Waals surface area contributed by atoms with Crippen molar-refractivity contribution in [3.8, 4) is 11.5 Å². The van der Waals surface area contributed by atoms with Crippen LogP contribution in [0.5, 0.6) is 11.5 Å². The highest BCUT2D eigenvalue weighted by atomic mass is 16.5. The topological polar surface area (TPSA) is 55.8 Å². The Balaban J connectivity index is 2.50. The first-order chi connectivity index (χ1) is 12.2. The summed E-state index contributed by atoms with van der Waals surface area (Å²) in [6.07, 6.45) is 5.15. The van der Waals surface area contributed by atoms with Crippen LogP contribution in [0.15, 0.2) is 23.8 Å². The molecule has 0 amide bonds. The molecule has 0 spiro atoms. The maximum atomic E-state index is 12.4. The number of carbonyl (C=O) groups excluding carboxylic acids is 1. The molecular weight excluding hydrogens is 328 g/mol. The lowest BCUT2D eigenvalue weighted by atomic mass is 9.79. The van der Waals surface area contributed by atoms with E-state index in [4.69, 9.17) is 9.47 Å². The molecule has 0 fully saturated rings. The molecule has 0 saturated heterocycles. The zero-order valence-electron chi connectivity index (χ0n) is 16.9. The SMILES string of the molecule is CCOC(=O)C(C)(C)c1cc(O)c(C2CCC=C(C)C2)c(OC(C)C)c1. The standard InChI is InChI=1S/C22H32O4/c1-7-25-21(24)22(5,6)17-12-18(23)20(19(13-17)26-14(2)3)16-10-8-9-15(4)11-16/h9,12-14,16,23H,7-8,10-11H2,1-6H3. The molecule has 0 saturated carbocycles. The Bertz CT molecular complexity index is 686. The minimum atomic E-state index is -0.858. The summed E-state index contributed by atoms with van der Waals surface area (Å²) in [5.41, 5.74) is 2.04. The van der Waals surface area contributed by atoms with E-state index in [0.29, 0.717) is 17.9 Å². The Kier molecular flexibility index (Phi) is 6.38. The Morgan fingerprint density at radius 1 is 1.35 bits per heavy atom. The number of aromatic hydroxyl groups is 1. The van der Waals surface area contributed by atoms with Crippen molar-refractivity contribution < 1.29 is 19.4 Å². The van der Waals surface area contributed by atoms with Gasteiger partial charge in [-0.25, -0.2) is 0 Å². The van der Waals surface area contributed by atoms with Crippen LogP contribution < -0.4 is 4.74 Å². The van der Waals surface area contributed by atoms with Gasteiger partial charge in [-0.05, 0) is 84.4 Å². The molecule has 1 aliphatic rings. The van der Waals surface area contributed by atoms with E-state index in [9.17, 15) is 9.90 Å². The average Bonchev–Trinajstić information content (AvgIpc) is 2.54. The van der Waals surface area contributed by atoms with E-state index in [1.807, 2.05) is 33.8 Å². The van der Waals surface area contributed by atoms with Gasteiger partial charge in [-0.2, -0.15) is 0 Å². The smallest absolute Gasteiger partial charge is 0.315 e. The molecule has 1 atom stereocenters. The number of carbonyl (C=O) groups is 1. The third kappa shape index (κ3) is 4.40. The lowest BCUT2D eigenvalue weighted by Gasteiger charge is -2.29. The van der Waals surface area contributed by atoms with Crippen LogP contribution in [0.3, 0.4) is 0 Å². The van der Waals surface area contributed by atoms with Crippen LogP contribution in [-0.2, 0) is 14.9 Å². The van der Waals surface area contributed by atoms with E-state index in [1.54, 1.807) is 13.0 Å². The molecule has 1 aliphatic carbocycles. The molecule has 1 N–H and O–H groups in total. The van der Waals surface area contributed by atoms with Gasteiger partial charge in [0.15, 0.2) is 0 Å². The molecule has 2 rings (SSSR count). The average molecular weight is 360 g/mol. The van der Waals surface area contributed by atoms with Crippen molar-refractivity contribution in [2.45, 2.75) is 78.2 Å². The molecule has 4 heteroatoms. The van der Waals surface area contributed by atoms with Crippen molar-refractivity contribution in [2.24, 2.45) is 0 Å². The highest BCUT2D eigenvalue weighted by Crippen LogP contribution is 2.45. The Morgan fingerprint density at radius 3 is 2.62 bits per heavy atom. The van der Waals surface area contributed by atoms with Gasteiger partial charge in [0, 0.05) is 5.56 Å². The van der Waals surface area contributed by atoms with Gasteiger partial charge in [0.05, 0.1) is 18.1 Å². The van der Waals surface area contributed by atoms with Gasteiger partial charge in [0.25, 0.3) is 0 Å². The fourth-order valence-corrected chi connectivity index (χ4v) is 3.52. The molecule has 1 aromatic rings. The quantitative estimate of drug-likeness (QED) is 0.557. The largest absolute Gasteiger partial charge is 0.508 e. The van der Waals surface area contributed by atoms with Crippen LogP contribution in [0.25, 0.3) is 0 Å². The van der Waals surface area contributed by atoms with E-state index in [1.165, 1.54) is 5.57 Å². The molecule has 1 aromatic carbocycles. The predicted molar refractivity (Wildman–Crippen MR) is 104 cm³/mol. The zero-order chi connectivity index (χ0) is 19.5. The highest BCUT2D eigenvalue weighted by molar-refractivity contribution is 5.82. The minimum Gasteiger partial charge on any atom is -0.508 e. The van der Waals surface area contributed by atoms with Crippen molar-refractivity contribution in [3.05, 3.63) is 34.9 Å². The normalized spacial score (nSPS) is 17.8. The summed E-state index contributed by atoms with van der Waals surface area (Å²) in [6, 6.07) is 3.60. The number of phenolic OH excluding ortho intramolecular Hbond substituents is 1. The van der Waals surface area contributed by atoms with Crippen LogP contribution in [0.4, 0.5) is 0 Å². The van der Waals surface area contributed by atoms with Crippen LogP contribution in [0.1, 0.15) is 77.8 Å². The summed E-state index contributed by atoms with van der Waals surface area (Å²) in [5, 5.41) is 10.8. The third-order valence-electron chi connectivity index (χ3n) is 4.97. The third-order valence-corrected chi connectivity index (χ3v) is 4.97. The fraction of sp³-hybridized carbons (Fsp3) is 0.591. The second-order valence-corrected chi connectivity index (χ2v) is 7.95. The number of phenols is 1. The Labute approximate surface area is 157 Å². The predicted octanol–water partition coefficient (Wildman–Crippen LogP) is 5.23. The summed E-state index contributed by atoms with van der Waals surface area (Å²) >= 11 is 0. The number of hydrogen-bond donors (Lipinski definition) is 1. The number of allylic oxidation sites excluding steroid dienone is 2. The zero-order valence-corrected chi connectivity index (χ0v) is 16.9. The van der Waals surface area contributed by atoms with Crippen molar-refractivity contribution in [1.29, 1.82) is 0 Å². The van der Waals surface area contributed by atoms with Crippen LogP contribution in [0.2, 0.25) is 0 Å². The maximum Gasteiger partial charge on any atom is 0.315 e. The molecule has 0 aromatic heterocycles. The maximum absolute atomic E-state index is 12.4. The monoisotopic (exact) mass is 360 g/mol. The van der Waals surface area contributed by atoms with Crippen molar-refractivity contribution >= 4 is 5.97 Å². The summed E-state index contributed by atoms with van der Waals surface area (Å²) < 4.78 is 11.3. The molecule has 0 aliphatic heterocycles. The Morgan fingerprint density at radius 2 is 2.04 bits per heavy atom. The lowest BCUT2D eigenvalue weighted by Crippen LogP contribution is -2.31. The molecule has 0 bridgehead atoms. The first-order valence-electron chi connectivity index (χ1n) is 9.53. The summed E-state index contributed by atoms with van der Waals surface area (Å²) in [5.74, 6) is 0.801. The van der Waals surface area contributed by atoms with Crippen molar-refractivity contribution in [3.63, 3.8) is 0 Å². The molecule has 26 heavy (non-hydrogen) atoms. The van der Waals surface area contributed by atoms with Crippen molar-refractivity contribution in [1.82, 2.24) is 0 Å². The summed E-state index contributed by atoms with van der Waals surface area (Å²) in [4.78, 5) is 12.4. The molecular formula is C22H32O4. The molecule has 0 heterocycles. The van der Waals surface area contributed by atoms with Crippen molar-refractivity contribution in [2.75, 3.05) is 6.61 Å². The Hall–Kier alpha value is -1.97. The fourth-order valence-electron chi connectivity index (χ4n) is 3.52. The van der Waals surface area contributed by atoms with E-state index in [-0.39, 0.29) is 23.7 Å². The van der Waals surface area contributed by atoms with Gasteiger partial charge in [0.1, 0.15) is 11.5 Å². The van der Waals surface area contributed by atoms with Gasteiger partial charge in [-0.1, -0.05) is 11.6 Å². The van der Waals surface area contributed by atoms with E-state index in [2.05, 4.69) is 13.0 Å². The van der Waals surface area contributed by atoms with E-state index in [0.717, 1.165) is 24.8 Å². The van der Waals surface area contributed by atoms with Crippen LogP contribution >= 0.6 is 0 Å². The molecule has 144 valence electrons. The number of ether oxygens (including phenoxy) is 2. The second-order valence-electron chi connectivity index (χ2n) is 7.95. The van der Waals surface area contributed by atoms with Gasteiger partial charge in [0.2, 0.25) is 0 Å². The van der Waals surface area contributed by atoms with Gasteiger partial charge >= 0.3 is 5.97 Å². The lowest BCUT2D eigenvalue weighted by molar-refractivity contribution is -0.148. The number of benzene rings is 1. The van der Waals surface area contributed by atoms with Gasteiger partial charge < -0.3 is 14.6 Å². The van der Waals surface area contributed by atoms with E-state index >= 15 is 0 Å². The number of rotatable bonds is 6. The van der Waals surface area contributed by atoms with E-state index < -0.39 is 5.41 Å². The summed E-state index contributed by atoms with van der Waals surface area (Å²) in [7, 11) is 0. The van der Waals surface area contributed by atoms with Gasteiger partial charge in [-0.3, -0.25) is 4.79 Å². The van der Waals surface area contributed by atoms with Gasteiger partial charge in [-0.15, -0.1) is 0 Å². The molecule has 1 unspecified atom stereocenters. The first-order valence-corrected chi connectivity index (χ1v) is 9.53. The number of esters is 1. The molecule has 0 radical (unpaired) electrons. The van der Waals surface area contributed by atoms with Crippen LogP contribution in [-0.4, -0.2) is 23.8 Å². The first kappa shape index (κ1) is 20.3. The molecule has 4 nitrogen and oxygen atoms in total. The van der Waals surface area contributed by atoms with Crippen LogP contribution in [0, 0.1) is 0 Å². The minimum absolute atomic E-state index is 0.0191. The highest BCUT2D eigenvalue weighted by Gasteiger charge is 2.34. The number of hydrogen-bond acceptors (Lipinski definition) is 4.